The lowest BCUT2D eigenvalue weighted by Gasteiger charge is -2.18. The molecule has 0 aromatic heterocycles. The number of nitrogens with one attached hydrogen (secondary N) is 1. The first-order valence-corrected chi connectivity index (χ1v) is 8.42. The summed E-state index contributed by atoms with van der Waals surface area (Å²) in [6.07, 6.45) is 1.07. The van der Waals surface area contributed by atoms with Gasteiger partial charge in [-0.25, -0.2) is 4.39 Å². The number of benzene rings is 2. The summed E-state index contributed by atoms with van der Waals surface area (Å²) in [5, 5.41) is 3.52. The Hall–Kier alpha value is -1.32. The average molecular weight is 303 g/mol. The van der Waals surface area contributed by atoms with Crippen LogP contribution in [-0.4, -0.2) is 12.3 Å². The molecule has 0 spiro atoms. The van der Waals surface area contributed by atoms with Crippen LogP contribution in [0.2, 0.25) is 0 Å². The van der Waals surface area contributed by atoms with Crippen LogP contribution in [0.15, 0.2) is 53.4 Å². The summed E-state index contributed by atoms with van der Waals surface area (Å²) in [7, 11) is 0. The second-order valence-electron chi connectivity index (χ2n) is 4.97. The predicted octanol–water partition coefficient (Wildman–Crippen LogP) is 4.83. The van der Waals surface area contributed by atoms with Gasteiger partial charge in [-0.15, -0.1) is 11.8 Å². The van der Waals surface area contributed by atoms with Gasteiger partial charge in [0.15, 0.2) is 0 Å². The van der Waals surface area contributed by atoms with Gasteiger partial charge in [0, 0.05) is 16.7 Å². The normalized spacial score (nSPS) is 12.3. The minimum atomic E-state index is -0.183. The Morgan fingerprint density at radius 2 is 1.67 bits per heavy atom. The molecule has 0 heterocycles. The van der Waals surface area contributed by atoms with Crippen molar-refractivity contribution in [3.05, 3.63) is 65.5 Å². The lowest BCUT2D eigenvalue weighted by Crippen LogP contribution is -2.22. The molecule has 112 valence electrons. The molecular formula is C18H22FNS. The van der Waals surface area contributed by atoms with E-state index >= 15 is 0 Å². The first kappa shape index (κ1) is 16.1. The lowest BCUT2D eigenvalue weighted by atomic mass is 10.1. The van der Waals surface area contributed by atoms with Crippen molar-refractivity contribution < 1.29 is 4.39 Å². The summed E-state index contributed by atoms with van der Waals surface area (Å²) in [5.74, 6) is 0.753. The van der Waals surface area contributed by atoms with Crippen molar-refractivity contribution in [2.45, 2.75) is 31.2 Å². The van der Waals surface area contributed by atoms with Crippen molar-refractivity contribution in [1.29, 1.82) is 0 Å². The van der Waals surface area contributed by atoms with E-state index in [0.29, 0.717) is 6.04 Å². The highest BCUT2D eigenvalue weighted by Gasteiger charge is 2.10. The predicted molar refractivity (Wildman–Crippen MR) is 89.4 cm³/mol. The van der Waals surface area contributed by atoms with Gasteiger partial charge in [-0.3, -0.25) is 0 Å². The summed E-state index contributed by atoms with van der Waals surface area (Å²) in [4.78, 5) is 1.10. The van der Waals surface area contributed by atoms with Gasteiger partial charge in [-0.1, -0.05) is 38.1 Å². The first-order chi connectivity index (χ1) is 10.2. The van der Waals surface area contributed by atoms with Crippen molar-refractivity contribution in [2.24, 2.45) is 0 Å². The zero-order valence-corrected chi connectivity index (χ0v) is 13.4. The molecule has 21 heavy (non-hydrogen) atoms. The third-order valence-electron chi connectivity index (χ3n) is 3.47. The molecule has 0 bridgehead atoms. The molecule has 1 atom stereocenters. The van der Waals surface area contributed by atoms with Crippen LogP contribution in [0.3, 0.4) is 0 Å². The maximum absolute atomic E-state index is 12.9. The Morgan fingerprint density at radius 1 is 1.00 bits per heavy atom. The van der Waals surface area contributed by atoms with Gasteiger partial charge in [0.2, 0.25) is 0 Å². The van der Waals surface area contributed by atoms with Crippen molar-refractivity contribution in [3.63, 3.8) is 0 Å². The molecule has 0 radical (unpaired) electrons. The maximum Gasteiger partial charge on any atom is 0.123 e. The fourth-order valence-corrected chi connectivity index (χ4v) is 3.21. The number of hydrogen-bond acceptors (Lipinski definition) is 2. The average Bonchev–Trinajstić information content (AvgIpc) is 2.53. The van der Waals surface area contributed by atoms with E-state index < -0.39 is 0 Å². The lowest BCUT2D eigenvalue weighted by molar-refractivity contribution is 0.605. The smallest absolute Gasteiger partial charge is 0.123 e. The van der Waals surface area contributed by atoms with E-state index in [1.165, 1.54) is 23.3 Å². The van der Waals surface area contributed by atoms with E-state index in [4.69, 9.17) is 0 Å². The molecule has 3 heteroatoms. The molecule has 0 aliphatic rings. The fourth-order valence-electron chi connectivity index (χ4n) is 2.22. The summed E-state index contributed by atoms with van der Waals surface area (Å²) in [6, 6.07) is 15.8. The quantitative estimate of drug-likeness (QED) is 0.735. The molecule has 2 rings (SSSR count). The standard InChI is InChI=1S/C18H22FNS/c1-3-14-5-7-15(8-6-14)18(20-4-2)13-21-17-11-9-16(19)10-12-17/h5-12,18,20H,3-4,13H2,1-2H3. The highest BCUT2D eigenvalue weighted by Crippen LogP contribution is 2.25. The van der Waals surface area contributed by atoms with Crippen LogP contribution in [-0.2, 0) is 6.42 Å². The van der Waals surface area contributed by atoms with Crippen LogP contribution < -0.4 is 5.32 Å². The first-order valence-electron chi connectivity index (χ1n) is 7.43. The summed E-state index contributed by atoms with van der Waals surface area (Å²) < 4.78 is 12.9. The third kappa shape index (κ3) is 4.87. The molecule has 1 unspecified atom stereocenters. The highest BCUT2D eigenvalue weighted by molar-refractivity contribution is 7.99. The molecule has 1 nitrogen and oxygen atoms in total. The van der Waals surface area contributed by atoms with Crippen LogP contribution in [0.25, 0.3) is 0 Å². The highest BCUT2D eigenvalue weighted by atomic mass is 32.2. The summed E-state index contributed by atoms with van der Waals surface area (Å²) in [5.41, 5.74) is 2.67. The van der Waals surface area contributed by atoms with Crippen LogP contribution in [0, 0.1) is 5.82 Å². The van der Waals surface area contributed by atoms with E-state index in [1.807, 2.05) is 12.1 Å². The van der Waals surface area contributed by atoms with E-state index in [1.54, 1.807) is 11.8 Å². The topological polar surface area (TPSA) is 12.0 Å². The Bertz CT molecular complexity index is 536. The molecule has 1 N–H and O–H groups in total. The minimum absolute atomic E-state index is 0.183. The van der Waals surface area contributed by atoms with Gasteiger partial charge in [0.1, 0.15) is 5.82 Å². The van der Waals surface area contributed by atoms with E-state index in [2.05, 4.69) is 43.4 Å². The monoisotopic (exact) mass is 303 g/mol. The SMILES string of the molecule is CCNC(CSc1ccc(F)cc1)c1ccc(CC)cc1. The third-order valence-corrected chi connectivity index (χ3v) is 4.58. The van der Waals surface area contributed by atoms with Crippen molar-refractivity contribution in [2.75, 3.05) is 12.3 Å². The van der Waals surface area contributed by atoms with E-state index in [0.717, 1.165) is 23.6 Å². The minimum Gasteiger partial charge on any atom is -0.309 e. The van der Waals surface area contributed by atoms with Crippen LogP contribution in [0.1, 0.15) is 31.0 Å². The Kier molecular flexibility index (Phi) is 6.27. The zero-order chi connectivity index (χ0) is 15.1. The molecule has 0 aliphatic carbocycles. The second kappa shape index (κ2) is 8.20. The van der Waals surface area contributed by atoms with E-state index in [9.17, 15) is 4.39 Å². The Balaban J connectivity index is 2.02. The largest absolute Gasteiger partial charge is 0.309 e. The van der Waals surface area contributed by atoms with Gasteiger partial charge in [0.25, 0.3) is 0 Å². The van der Waals surface area contributed by atoms with Gasteiger partial charge >= 0.3 is 0 Å². The van der Waals surface area contributed by atoms with Gasteiger partial charge in [-0.2, -0.15) is 0 Å². The fraction of sp³-hybridized carbons (Fsp3) is 0.333. The number of hydrogen-bond donors (Lipinski definition) is 1. The Morgan fingerprint density at radius 3 is 2.24 bits per heavy atom. The molecule has 0 fully saturated rings. The van der Waals surface area contributed by atoms with Crippen molar-refractivity contribution >= 4 is 11.8 Å². The molecule has 0 amide bonds. The van der Waals surface area contributed by atoms with Crippen LogP contribution >= 0.6 is 11.8 Å². The number of thioether (sulfide) groups is 1. The number of aryl methyl sites for hydroxylation is 1. The van der Waals surface area contributed by atoms with E-state index in [-0.39, 0.29) is 5.82 Å². The number of rotatable bonds is 7. The van der Waals surface area contributed by atoms with Crippen molar-refractivity contribution in [1.82, 2.24) is 5.32 Å². The second-order valence-corrected chi connectivity index (χ2v) is 6.06. The van der Waals surface area contributed by atoms with Gasteiger partial charge < -0.3 is 5.32 Å². The molecule has 0 aliphatic heterocycles. The molecule has 2 aromatic carbocycles. The molecule has 0 saturated heterocycles. The molecule has 0 saturated carbocycles. The molecule has 2 aromatic rings. The zero-order valence-electron chi connectivity index (χ0n) is 12.6. The van der Waals surface area contributed by atoms with Crippen LogP contribution in [0.4, 0.5) is 4.39 Å². The summed E-state index contributed by atoms with van der Waals surface area (Å²) >= 11 is 1.75. The van der Waals surface area contributed by atoms with Crippen molar-refractivity contribution in [3.8, 4) is 0 Å². The summed E-state index contributed by atoms with van der Waals surface area (Å²) in [6.45, 7) is 5.22. The number of halogens is 1. The Labute approximate surface area is 131 Å². The maximum atomic E-state index is 12.9. The van der Waals surface area contributed by atoms with Crippen LogP contribution in [0.5, 0.6) is 0 Å². The van der Waals surface area contributed by atoms with Gasteiger partial charge in [0.05, 0.1) is 0 Å². The van der Waals surface area contributed by atoms with Gasteiger partial charge in [-0.05, 0) is 48.4 Å². The molecular weight excluding hydrogens is 281 g/mol.